The average Bonchev–Trinajstić information content (AvgIpc) is 3.11. The van der Waals surface area contributed by atoms with E-state index in [4.69, 9.17) is 10.7 Å². The summed E-state index contributed by atoms with van der Waals surface area (Å²) in [6, 6.07) is 7.61. The van der Waals surface area contributed by atoms with Crippen LogP contribution in [-0.4, -0.2) is 46.9 Å². The Morgan fingerprint density at radius 3 is 2.35 bits per heavy atom. The van der Waals surface area contributed by atoms with Gasteiger partial charge in [0.15, 0.2) is 0 Å². The molecule has 1 aliphatic rings. The number of aromatic nitrogens is 1. The van der Waals surface area contributed by atoms with Crippen LogP contribution in [0.3, 0.4) is 0 Å². The zero-order chi connectivity index (χ0) is 18.7. The number of amides is 1. The van der Waals surface area contributed by atoms with Crippen molar-refractivity contribution in [3.63, 3.8) is 0 Å². The van der Waals surface area contributed by atoms with Crippen LogP contribution in [0.5, 0.6) is 0 Å². The monoisotopic (exact) mass is 372 g/mol. The molecule has 0 unspecified atom stereocenters. The maximum Gasteiger partial charge on any atom is 0.253 e. The summed E-state index contributed by atoms with van der Waals surface area (Å²) in [6.45, 7) is 11.2. The van der Waals surface area contributed by atoms with E-state index in [0.29, 0.717) is 6.54 Å². The second kappa shape index (κ2) is 7.86. The highest BCUT2D eigenvalue weighted by Gasteiger charge is 2.23. The zero-order valence-corrected chi connectivity index (χ0v) is 16.7. The molecule has 0 radical (unpaired) electrons. The summed E-state index contributed by atoms with van der Waals surface area (Å²) in [4.78, 5) is 21.7. The number of hydrogen-bond donors (Lipinski definition) is 1. The summed E-state index contributed by atoms with van der Waals surface area (Å²) in [5, 5.41) is 3.35. The van der Waals surface area contributed by atoms with E-state index in [0.717, 1.165) is 49.5 Å². The minimum atomic E-state index is 0.105. The van der Waals surface area contributed by atoms with E-state index in [9.17, 15) is 4.79 Å². The zero-order valence-electron chi connectivity index (χ0n) is 15.9. The molecular weight excluding hydrogens is 344 g/mol. The third-order valence-corrected chi connectivity index (χ3v) is 5.99. The Kier molecular flexibility index (Phi) is 5.75. The molecule has 0 bridgehead atoms. The molecule has 2 heterocycles. The van der Waals surface area contributed by atoms with Crippen molar-refractivity contribution in [3.8, 4) is 0 Å². The van der Waals surface area contributed by atoms with Gasteiger partial charge in [-0.15, -0.1) is 11.3 Å². The Morgan fingerprint density at radius 1 is 1.15 bits per heavy atom. The van der Waals surface area contributed by atoms with Crippen molar-refractivity contribution in [2.45, 2.75) is 39.3 Å². The normalized spacial score (nSPS) is 16.1. The first-order chi connectivity index (χ1) is 12.4. The largest absolute Gasteiger partial charge is 0.336 e. The molecule has 1 aromatic heterocycles. The summed E-state index contributed by atoms with van der Waals surface area (Å²) < 4.78 is 0. The summed E-state index contributed by atoms with van der Waals surface area (Å²) in [5.74, 6) is 0.108. The first-order valence-electron chi connectivity index (χ1n) is 9.12. The molecule has 0 spiro atoms. The lowest BCUT2D eigenvalue weighted by Crippen LogP contribution is -2.48. The van der Waals surface area contributed by atoms with Gasteiger partial charge in [0.25, 0.3) is 5.91 Å². The molecule has 5 nitrogen and oxygen atoms in total. The third-order valence-electron chi connectivity index (χ3n) is 4.68. The maximum atomic E-state index is 12.6. The van der Waals surface area contributed by atoms with Crippen molar-refractivity contribution in [3.05, 3.63) is 51.5 Å². The van der Waals surface area contributed by atoms with Gasteiger partial charge in [0.2, 0.25) is 0 Å². The first-order valence-corrected chi connectivity index (χ1v) is 10.0. The quantitative estimate of drug-likeness (QED) is 0.896. The van der Waals surface area contributed by atoms with Crippen LogP contribution in [0.2, 0.25) is 0 Å². The molecule has 0 atom stereocenters. The average molecular weight is 373 g/mol. The number of nitrogens with two attached hydrogens (primary N) is 1. The smallest absolute Gasteiger partial charge is 0.253 e. The second-order valence-electron chi connectivity index (χ2n) is 7.86. The summed E-state index contributed by atoms with van der Waals surface area (Å²) >= 11 is 1.74. The number of thiazole rings is 1. The molecule has 26 heavy (non-hydrogen) atoms. The topological polar surface area (TPSA) is 62.5 Å². The van der Waals surface area contributed by atoms with Gasteiger partial charge in [0.05, 0.1) is 10.7 Å². The fourth-order valence-electron chi connectivity index (χ4n) is 3.03. The highest BCUT2D eigenvalue weighted by molar-refractivity contribution is 7.09. The molecule has 1 amide bonds. The van der Waals surface area contributed by atoms with Crippen molar-refractivity contribution in [2.75, 3.05) is 26.2 Å². The molecular formula is C20H28N4OS. The number of hydrogen-bond acceptors (Lipinski definition) is 5. The van der Waals surface area contributed by atoms with Crippen LogP contribution < -0.4 is 5.73 Å². The molecule has 3 rings (SSSR count). The van der Waals surface area contributed by atoms with E-state index < -0.39 is 0 Å². The Balaban J connectivity index is 1.53. The first kappa shape index (κ1) is 19.0. The number of carbonyl (C=O) groups is 1. The molecule has 1 saturated heterocycles. The minimum absolute atomic E-state index is 0.105. The van der Waals surface area contributed by atoms with Gasteiger partial charge in [-0.25, -0.2) is 4.98 Å². The molecule has 1 aromatic carbocycles. The molecule has 2 N–H and O–H groups in total. The summed E-state index contributed by atoms with van der Waals surface area (Å²) in [6.07, 6.45) is 0. The number of benzene rings is 1. The maximum absolute atomic E-state index is 12.6. The molecule has 2 aromatic rings. The number of nitrogens with zero attached hydrogens (tertiary/aromatic N) is 3. The van der Waals surface area contributed by atoms with Crippen LogP contribution in [0.4, 0.5) is 0 Å². The van der Waals surface area contributed by atoms with E-state index in [1.54, 1.807) is 11.3 Å². The molecule has 0 saturated carbocycles. The Labute approximate surface area is 159 Å². The predicted molar refractivity (Wildman–Crippen MR) is 106 cm³/mol. The number of piperazine rings is 1. The standard InChI is InChI=1S/C20H28N4OS/c1-20(2,3)19-22-17(14-26-19)13-23-8-10-24(11-9-23)18(25)16-6-4-15(12-21)5-7-16/h4-7,14H,8-13,21H2,1-3H3. The van der Waals surface area contributed by atoms with Gasteiger partial charge in [-0.2, -0.15) is 0 Å². The lowest BCUT2D eigenvalue weighted by atomic mass is 9.98. The van der Waals surface area contributed by atoms with Gasteiger partial charge < -0.3 is 10.6 Å². The minimum Gasteiger partial charge on any atom is -0.336 e. The van der Waals surface area contributed by atoms with Crippen molar-refractivity contribution >= 4 is 17.2 Å². The highest BCUT2D eigenvalue weighted by atomic mass is 32.1. The SMILES string of the molecule is CC(C)(C)c1nc(CN2CCN(C(=O)c3ccc(CN)cc3)CC2)cs1. The molecule has 1 aliphatic heterocycles. The van der Waals surface area contributed by atoms with Crippen LogP contribution in [0.25, 0.3) is 0 Å². The van der Waals surface area contributed by atoms with E-state index >= 15 is 0 Å². The molecule has 6 heteroatoms. The molecule has 0 aliphatic carbocycles. The number of carbonyl (C=O) groups excluding carboxylic acids is 1. The van der Waals surface area contributed by atoms with Gasteiger partial charge >= 0.3 is 0 Å². The van der Waals surface area contributed by atoms with E-state index in [1.165, 1.54) is 5.01 Å². The molecule has 140 valence electrons. The van der Waals surface area contributed by atoms with Gasteiger partial charge in [-0.1, -0.05) is 32.9 Å². The third kappa shape index (κ3) is 4.50. The highest BCUT2D eigenvalue weighted by Crippen LogP contribution is 2.26. The lowest BCUT2D eigenvalue weighted by Gasteiger charge is -2.34. The van der Waals surface area contributed by atoms with Gasteiger partial charge in [-0.05, 0) is 17.7 Å². The Bertz CT molecular complexity index is 740. The Hall–Kier alpha value is -1.76. The molecule has 1 fully saturated rings. The summed E-state index contributed by atoms with van der Waals surface area (Å²) in [5.41, 5.74) is 8.64. The van der Waals surface area contributed by atoms with Crippen LogP contribution in [-0.2, 0) is 18.5 Å². The Morgan fingerprint density at radius 2 is 1.81 bits per heavy atom. The van der Waals surface area contributed by atoms with Crippen molar-refractivity contribution < 1.29 is 4.79 Å². The van der Waals surface area contributed by atoms with Gasteiger partial charge in [0.1, 0.15) is 0 Å². The van der Waals surface area contributed by atoms with E-state index in [2.05, 4.69) is 31.1 Å². The number of rotatable bonds is 4. The summed E-state index contributed by atoms with van der Waals surface area (Å²) in [7, 11) is 0. The van der Waals surface area contributed by atoms with Crippen molar-refractivity contribution in [1.82, 2.24) is 14.8 Å². The van der Waals surface area contributed by atoms with Gasteiger partial charge in [-0.3, -0.25) is 9.69 Å². The van der Waals surface area contributed by atoms with Crippen molar-refractivity contribution in [2.24, 2.45) is 5.73 Å². The van der Waals surface area contributed by atoms with Crippen LogP contribution in [0, 0.1) is 0 Å². The van der Waals surface area contributed by atoms with Gasteiger partial charge in [0, 0.05) is 55.6 Å². The van der Waals surface area contributed by atoms with Crippen LogP contribution in [0.15, 0.2) is 29.6 Å². The van der Waals surface area contributed by atoms with Crippen molar-refractivity contribution in [1.29, 1.82) is 0 Å². The fraction of sp³-hybridized carbons (Fsp3) is 0.500. The van der Waals surface area contributed by atoms with Crippen LogP contribution >= 0.6 is 11.3 Å². The van der Waals surface area contributed by atoms with E-state index in [1.807, 2.05) is 29.2 Å². The fourth-order valence-corrected chi connectivity index (χ4v) is 3.93. The second-order valence-corrected chi connectivity index (χ2v) is 8.72. The predicted octanol–water partition coefficient (Wildman–Crippen LogP) is 2.86. The lowest BCUT2D eigenvalue weighted by molar-refractivity contribution is 0.0627. The van der Waals surface area contributed by atoms with E-state index in [-0.39, 0.29) is 11.3 Å². The van der Waals surface area contributed by atoms with Crippen LogP contribution in [0.1, 0.15) is 47.4 Å².